The number of carboxylic acid groups (broad SMARTS) is 1. The summed E-state index contributed by atoms with van der Waals surface area (Å²) in [6.07, 6.45) is 3.55. The molecule has 0 amide bonds. The van der Waals surface area contributed by atoms with E-state index in [0.717, 1.165) is 19.4 Å². The van der Waals surface area contributed by atoms with Crippen LogP contribution in [0.2, 0.25) is 0 Å². The summed E-state index contributed by atoms with van der Waals surface area (Å²) in [5, 5.41) is 9.39. The fraction of sp³-hybridized carbons (Fsp3) is 0.667. The van der Waals surface area contributed by atoms with Crippen molar-refractivity contribution in [3.63, 3.8) is 0 Å². The number of carboxylic acids is 1. The van der Waals surface area contributed by atoms with Gasteiger partial charge in [-0.3, -0.25) is 4.79 Å². The van der Waals surface area contributed by atoms with Crippen molar-refractivity contribution >= 4 is 11.9 Å². The Labute approximate surface area is 125 Å². The molecule has 1 aliphatic heterocycles. The van der Waals surface area contributed by atoms with Crippen LogP contribution >= 0.6 is 0 Å². The van der Waals surface area contributed by atoms with Crippen LogP contribution in [0.3, 0.4) is 0 Å². The zero-order valence-electron chi connectivity index (χ0n) is 12.9. The van der Waals surface area contributed by atoms with Gasteiger partial charge in [0.15, 0.2) is 0 Å². The molecule has 1 atom stereocenters. The Morgan fingerprint density at radius 2 is 2.33 bits per heavy atom. The largest absolute Gasteiger partial charge is 0.481 e. The number of ether oxygens (including phenoxy) is 1. The van der Waals surface area contributed by atoms with Crippen molar-refractivity contribution in [3.8, 4) is 5.88 Å². The molecule has 1 aliphatic rings. The Morgan fingerprint density at radius 3 is 3.00 bits per heavy atom. The highest BCUT2D eigenvalue weighted by atomic mass is 16.5. The third kappa shape index (κ3) is 3.43. The summed E-state index contributed by atoms with van der Waals surface area (Å²) in [6.45, 7) is 7.57. The molecule has 0 radical (unpaired) electrons. The van der Waals surface area contributed by atoms with Crippen LogP contribution in [0, 0.1) is 11.3 Å². The van der Waals surface area contributed by atoms with Crippen LogP contribution in [-0.2, 0) is 4.79 Å². The number of piperidine rings is 1. The number of anilines is 1. The summed E-state index contributed by atoms with van der Waals surface area (Å²) in [7, 11) is 0. The highest BCUT2D eigenvalue weighted by molar-refractivity contribution is 5.74. The lowest BCUT2D eigenvalue weighted by atomic mass is 9.74. The van der Waals surface area contributed by atoms with Crippen molar-refractivity contribution in [2.45, 2.75) is 33.6 Å². The van der Waals surface area contributed by atoms with Crippen molar-refractivity contribution in [3.05, 3.63) is 12.3 Å². The van der Waals surface area contributed by atoms with Crippen LogP contribution in [0.1, 0.15) is 33.6 Å². The van der Waals surface area contributed by atoms with Gasteiger partial charge in [-0.25, -0.2) is 4.98 Å². The Bertz CT molecular complexity index is 505. The first-order chi connectivity index (χ1) is 9.95. The van der Waals surface area contributed by atoms with E-state index in [1.807, 2.05) is 6.92 Å². The molecule has 0 aromatic carbocycles. The van der Waals surface area contributed by atoms with Crippen molar-refractivity contribution < 1.29 is 14.6 Å². The molecular weight excluding hydrogens is 270 g/mol. The average Bonchev–Trinajstić information content (AvgIpc) is 2.48. The van der Waals surface area contributed by atoms with Crippen LogP contribution in [0.5, 0.6) is 5.88 Å². The number of hydrogen-bond donors (Lipinski definition) is 1. The molecule has 0 bridgehead atoms. The smallest absolute Gasteiger partial charge is 0.309 e. The lowest BCUT2D eigenvalue weighted by Gasteiger charge is -2.39. The van der Waals surface area contributed by atoms with Crippen LogP contribution in [0.4, 0.5) is 5.95 Å². The summed E-state index contributed by atoms with van der Waals surface area (Å²) < 4.78 is 5.40. The van der Waals surface area contributed by atoms with E-state index in [4.69, 9.17) is 4.74 Å². The maximum Gasteiger partial charge on any atom is 0.309 e. The first kappa shape index (κ1) is 15.5. The summed E-state index contributed by atoms with van der Waals surface area (Å²) in [6, 6.07) is 1.73. The third-order valence-electron chi connectivity index (χ3n) is 4.19. The molecule has 1 unspecified atom stereocenters. The standard InChI is InChI=1S/C15H23N3O3/c1-4-21-12-7-8-16-14(17-12)18-9-5-6-11(10-18)15(2,3)13(19)20/h7-8,11H,4-6,9-10H2,1-3H3,(H,19,20). The van der Waals surface area contributed by atoms with Gasteiger partial charge in [-0.2, -0.15) is 4.98 Å². The number of aliphatic carboxylic acids is 1. The molecule has 2 rings (SSSR count). The predicted octanol–water partition coefficient (Wildman–Crippen LogP) is 2.20. The van der Waals surface area contributed by atoms with E-state index in [1.54, 1.807) is 26.1 Å². The maximum absolute atomic E-state index is 11.4. The highest BCUT2D eigenvalue weighted by Crippen LogP contribution is 2.35. The molecule has 6 nitrogen and oxygen atoms in total. The first-order valence-corrected chi connectivity index (χ1v) is 7.39. The molecular formula is C15H23N3O3. The Morgan fingerprint density at radius 1 is 1.57 bits per heavy atom. The highest BCUT2D eigenvalue weighted by Gasteiger charge is 2.39. The Kier molecular flexibility index (Phi) is 4.65. The molecule has 0 spiro atoms. The van der Waals surface area contributed by atoms with Gasteiger partial charge in [0.2, 0.25) is 11.8 Å². The predicted molar refractivity (Wildman–Crippen MR) is 79.6 cm³/mol. The first-order valence-electron chi connectivity index (χ1n) is 7.39. The van der Waals surface area contributed by atoms with Gasteiger partial charge in [-0.05, 0) is 39.5 Å². The van der Waals surface area contributed by atoms with Gasteiger partial charge in [0.05, 0.1) is 12.0 Å². The van der Waals surface area contributed by atoms with E-state index >= 15 is 0 Å². The van der Waals surface area contributed by atoms with E-state index in [2.05, 4.69) is 14.9 Å². The van der Waals surface area contributed by atoms with Gasteiger partial charge in [-0.1, -0.05) is 0 Å². The maximum atomic E-state index is 11.4. The molecule has 2 heterocycles. The second-order valence-corrected chi connectivity index (χ2v) is 5.94. The fourth-order valence-electron chi connectivity index (χ4n) is 2.64. The molecule has 0 aliphatic carbocycles. The Hall–Kier alpha value is -1.85. The van der Waals surface area contributed by atoms with Crippen molar-refractivity contribution in [1.82, 2.24) is 9.97 Å². The number of rotatable bonds is 5. The van der Waals surface area contributed by atoms with E-state index in [1.165, 1.54) is 0 Å². The number of carbonyl (C=O) groups is 1. The van der Waals surface area contributed by atoms with Crippen molar-refractivity contribution in [2.75, 3.05) is 24.6 Å². The van der Waals surface area contributed by atoms with Crippen LogP contribution in [0.15, 0.2) is 12.3 Å². The molecule has 21 heavy (non-hydrogen) atoms. The second kappa shape index (κ2) is 6.28. The third-order valence-corrected chi connectivity index (χ3v) is 4.19. The summed E-state index contributed by atoms with van der Waals surface area (Å²) in [5.41, 5.74) is -0.740. The Balaban J connectivity index is 2.14. The van der Waals surface area contributed by atoms with Crippen LogP contribution in [-0.4, -0.2) is 40.7 Å². The zero-order chi connectivity index (χ0) is 15.5. The van der Waals surface area contributed by atoms with E-state index in [-0.39, 0.29) is 5.92 Å². The molecule has 1 N–H and O–H groups in total. The number of aromatic nitrogens is 2. The number of hydrogen-bond acceptors (Lipinski definition) is 5. The van der Waals surface area contributed by atoms with Gasteiger partial charge in [0.25, 0.3) is 0 Å². The lowest BCUT2D eigenvalue weighted by molar-refractivity contribution is -0.150. The average molecular weight is 293 g/mol. The van der Waals surface area contributed by atoms with Gasteiger partial charge in [0, 0.05) is 25.4 Å². The van der Waals surface area contributed by atoms with Crippen molar-refractivity contribution in [1.29, 1.82) is 0 Å². The molecule has 0 saturated carbocycles. The van der Waals surface area contributed by atoms with E-state index in [0.29, 0.717) is 25.0 Å². The fourth-order valence-corrected chi connectivity index (χ4v) is 2.64. The minimum Gasteiger partial charge on any atom is -0.481 e. The van der Waals surface area contributed by atoms with Crippen LogP contribution < -0.4 is 9.64 Å². The second-order valence-electron chi connectivity index (χ2n) is 5.94. The minimum absolute atomic E-state index is 0.0862. The van der Waals surface area contributed by atoms with Gasteiger partial charge < -0.3 is 14.7 Å². The van der Waals surface area contributed by atoms with E-state index in [9.17, 15) is 9.90 Å². The SMILES string of the molecule is CCOc1ccnc(N2CCCC(C(C)(C)C(=O)O)C2)n1. The summed E-state index contributed by atoms with van der Waals surface area (Å²) in [5.74, 6) is 0.510. The molecule has 1 aromatic heterocycles. The van der Waals surface area contributed by atoms with E-state index < -0.39 is 11.4 Å². The lowest BCUT2D eigenvalue weighted by Crippen LogP contribution is -2.45. The van der Waals surface area contributed by atoms with Gasteiger partial charge >= 0.3 is 5.97 Å². The molecule has 1 fully saturated rings. The summed E-state index contributed by atoms with van der Waals surface area (Å²) >= 11 is 0. The topological polar surface area (TPSA) is 75.5 Å². The summed E-state index contributed by atoms with van der Waals surface area (Å²) in [4.78, 5) is 22.2. The normalized spacial score (nSPS) is 19.4. The zero-order valence-corrected chi connectivity index (χ0v) is 12.9. The molecule has 1 saturated heterocycles. The monoisotopic (exact) mass is 293 g/mol. The van der Waals surface area contributed by atoms with Gasteiger partial charge in [0.1, 0.15) is 0 Å². The molecule has 6 heteroatoms. The minimum atomic E-state index is -0.752. The quantitative estimate of drug-likeness (QED) is 0.897. The van der Waals surface area contributed by atoms with Crippen LogP contribution in [0.25, 0.3) is 0 Å². The molecule has 116 valence electrons. The van der Waals surface area contributed by atoms with Crippen molar-refractivity contribution in [2.24, 2.45) is 11.3 Å². The van der Waals surface area contributed by atoms with Gasteiger partial charge in [-0.15, -0.1) is 0 Å². The number of nitrogens with zero attached hydrogens (tertiary/aromatic N) is 3. The molecule has 1 aromatic rings.